The monoisotopic (exact) mass is 1930 g/mol. The van der Waals surface area contributed by atoms with Crippen LogP contribution in [0, 0.1) is 6.92 Å². The van der Waals surface area contributed by atoms with Gasteiger partial charge in [0.2, 0.25) is 0 Å². The number of anilines is 2. The van der Waals surface area contributed by atoms with Gasteiger partial charge in [-0.15, -0.1) is 22.7 Å². The van der Waals surface area contributed by atoms with Gasteiger partial charge < -0.3 is 66.8 Å². The number of methoxy groups -OCH3 is 2. The van der Waals surface area contributed by atoms with Crippen LogP contribution in [0.25, 0.3) is 111 Å². The minimum atomic E-state index is 0.00345. The molecule has 0 unspecified atom stereocenters. The van der Waals surface area contributed by atoms with Gasteiger partial charge in [0, 0.05) is 92.2 Å². The molecule has 0 aliphatic heterocycles. The number of nitrogens with one attached hydrogen (secondary N) is 2. The fourth-order valence-corrected chi connectivity index (χ4v) is 16.2. The van der Waals surface area contributed by atoms with E-state index >= 15 is 0 Å². The normalized spacial score (nSPS) is 11.4. The molecule has 0 fully saturated rings. The Bertz CT molecular complexity index is 6270. The van der Waals surface area contributed by atoms with E-state index in [0.29, 0.717) is 177 Å². The van der Waals surface area contributed by atoms with Crippen molar-refractivity contribution in [2.45, 2.75) is 226 Å². The number of fused-ring (bicyclic) bond motifs is 5. The first-order valence-electron chi connectivity index (χ1n) is 44.2. The van der Waals surface area contributed by atoms with Gasteiger partial charge in [-0.25, -0.2) is 39.9 Å². The van der Waals surface area contributed by atoms with Crippen LogP contribution in [0.5, 0.6) is 57.5 Å². The Hall–Kier alpha value is -11.0. The molecular formula is C100H116Cl5N13O12S2. The number of oxazole rings is 2. The van der Waals surface area contributed by atoms with E-state index in [2.05, 4.69) is 75.6 Å². The Labute approximate surface area is 805 Å². The number of rotatable bonds is 32. The van der Waals surface area contributed by atoms with E-state index in [1.165, 1.54) is 0 Å². The molecule has 0 bridgehead atoms. The third kappa shape index (κ3) is 26.1. The van der Waals surface area contributed by atoms with E-state index in [1.54, 1.807) is 61.8 Å². The van der Waals surface area contributed by atoms with Gasteiger partial charge in [-0.2, -0.15) is 9.97 Å². The maximum atomic E-state index is 6.64. The van der Waals surface area contributed by atoms with Crippen LogP contribution in [0.3, 0.4) is 0 Å². The quantitative estimate of drug-likeness (QED) is 0.0396. The molecule has 25 nitrogen and oxygen atoms in total. The highest BCUT2D eigenvalue weighted by Gasteiger charge is 2.25. The largest absolute Gasteiger partial charge is 0.495 e. The number of ether oxygens (including phenoxy) is 10. The van der Waals surface area contributed by atoms with Crippen molar-refractivity contribution in [3.63, 3.8) is 0 Å². The predicted octanol–water partition coefficient (Wildman–Crippen LogP) is 29.0. The first-order chi connectivity index (χ1) is 63.1. The summed E-state index contributed by atoms with van der Waals surface area (Å²) in [5, 5.41) is 18.9. The number of halogens is 5. The Kier molecular flexibility index (Phi) is 36.2. The van der Waals surface area contributed by atoms with Crippen molar-refractivity contribution >= 4 is 147 Å². The SMILES string of the molecule is CCCOc1ccc2c(OC(C)C)cc(-c3coc(NC(C)C)n3)nc2c1Cl.CCCOc1ccc2c(OC(C)C)cc(-c3coc(NC(C)C)n3)nc2c1Cl.CCCOc1ccc2c(OC(C)C)cc(-c3nc(C(C)C)cs3)nc2c1Cl.COc1ccc2c(OC(C)C)cc(-c3cncc(C)n3)nc2c1Cl.COc1ccc2c(OC(C)C)cc(-c3csc(C(C)C)n3)nc2c1Cl. The molecule has 0 atom stereocenters. The fraction of sp³-hybridized carbons (Fsp3) is 0.390. The topological polar surface area (TPSA) is 284 Å². The second kappa shape index (κ2) is 47.0. The van der Waals surface area contributed by atoms with Gasteiger partial charge in [-0.05, 0) is 190 Å². The van der Waals surface area contributed by atoms with Crippen molar-refractivity contribution in [2.75, 3.05) is 44.7 Å². The van der Waals surface area contributed by atoms with Crippen LogP contribution in [0.15, 0.2) is 136 Å². The van der Waals surface area contributed by atoms with Crippen molar-refractivity contribution in [3.05, 3.63) is 168 Å². The standard InChI is InChI=1S/2C21H26ClN3O3.C21H25ClN2O2S.C19H21ClN2O2S.C18H18ClN3O2/c2*1-6-9-26-17-8-7-14-18(28-13(4)5)10-15(24-20(14)19(17)22)16-11-27-21(25-16)23-12(2)3;1-6-9-25-17-8-7-14-18(26-13(4)5)10-15(23-20(14)19(17)22)21-24-16(11-27-21)12(2)3;1-10(2)19-22-14(9-25-19)13-8-16(24-11(3)4)12-6-7-15(23-5)17(20)18(12)21-13;1-10(2)24-16-7-13(14-9-20-8-11(3)21-14)22-18-12(16)5-6-15(23-4)17(18)19/h2*7-8,10-13H,6,9H2,1-5H3,(H,23,25);7-8,10-13H,6,9H2,1-5H3;6-11H,1-5H3;5-10H,1-4H3. The number of aryl methyl sites for hydroxylation is 1. The summed E-state index contributed by atoms with van der Waals surface area (Å²) in [6, 6.07) is 29.7. The molecule has 32 heteroatoms. The highest BCUT2D eigenvalue weighted by molar-refractivity contribution is 7.13. The van der Waals surface area contributed by atoms with Crippen LogP contribution in [0.1, 0.15) is 193 Å². The molecule has 0 saturated heterocycles. The molecule has 0 aliphatic rings. The lowest BCUT2D eigenvalue weighted by molar-refractivity contribution is 0.245. The summed E-state index contributed by atoms with van der Waals surface area (Å²) in [5.41, 5.74) is 11.2. The van der Waals surface area contributed by atoms with E-state index in [4.69, 9.17) is 144 Å². The minimum Gasteiger partial charge on any atom is -0.495 e. The van der Waals surface area contributed by atoms with E-state index in [0.717, 1.165) is 96.2 Å². The number of hydrogen-bond acceptors (Lipinski definition) is 27. The lowest BCUT2D eigenvalue weighted by atomic mass is 10.1. The van der Waals surface area contributed by atoms with Crippen molar-refractivity contribution < 1.29 is 56.2 Å². The smallest absolute Gasteiger partial charge is 0.295 e. The number of nitrogens with zero attached hydrogens (tertiary/aromatic N) is 11. The number of benzene rings is 5. The molecule has 0 amide bonds. The average Bonchev–Trinajstić information content (AvgIpc) is 1.16. The van der Waals surface area contributed by atoms with Gasteiger partial charge in [0.25, 0.3) is 12.0 Å². The minimum absolute atomic E-state index is 0.00345. The Morgan fingerprint density at radius 1 is 0.333 bits per heavy atom. The Morgan fingerprint density at radius 2 is 0.659 bits per heavy atom. The third-order valence-corrected chi connectivity index (χ3v) is 22.7. The van der Waals surface area contributed by atoms with E-state index in [9.17, 15) is 0 Å². The van der Waals surface area contributed by atoms with Gasteiger partial charge >= 0.3 is 0 Å². The van der Waals surface area contributed by atoms with Crippen LogP contribution in [-0.4, -0.2) is 131 Å². The van der Waals surface area contributed by atoms with E-state index in [1.807, 2.05) is 214 Å². The molecule has 700 valence electrons. The molecule has 0 saturated carbocycles. The summed E-state index contributed by atoms with van der Waals surface area (Å²) in [4.78, 5) is 50.8. The third-order valence-electron chi connectivity index (χ3n) is 18.9. The highest BCUT2D eigenvalue weighted by Crippen LogP contribution is 2.46. The van der Waals surface area contributed by atoms with Crippen molar-refractivity contribution in [1.82, 2.24) is 54.8 Å². The molecule has 10 heterocycles. The second-order valence-electron chi connectivity index (χ2n) is 33.4. The molecule has 0 spiro atoms. The Morgan fingerprint density at radius 3 is 0.962 bits per heavy atom. The van der Waals surface area contributed by atoms with Gasteiger partial charge in [0.1, 0.15) is 129 Å². The van der Waals surface area contributed by atoms with Crippen LogP contribution in [0.2, 0.25) is 25.1 Å². The first kappa shape index (κ1) is 101. The lowest BCUT2D eigenvalue weighted by Crippen LogP contribution is -2.09. The number of hydrogen-bond donors (Lipinski definition) is 2. The number of aromatic nitrogens is 11. The summed E-state index contributed by atoms with van der Waals surface area (Å²) in [6.45, 7) is 46.3. The molecule has 5 aromatic carbocycles. The maximum absolute atomic E-state index is 6.64. The fourth-order valence-electron chi connectivity index (χ4n) is 13.1. The van der Waals surface area contributed by atoms with Crippen LogP contribution >= 0.6 is 80.7 Å². The van der Waals surface area contributed by atoms with Gasteiger partial charge in [0.15, 0.2) is 0 Å². The van der Waals surface area contributed by atoms with Gasteiger partial charge in [-0.3, -0.25) is 4.98 Å². The summed E-state index contributed by atoms with van der Waals surface area (Å²) >= 11 is 36.1. The molecule has 10 aromatic heterocycles. The van der Waals surface area contributed by atoms with Gasteiger partial charge in [0.05, 0.1) is 138 Å². The maximum Gasteiger partial charge on any atom is 0.295 e. The van der Waals surface area contributed by atoms with Crippen LogP contribution in [-0.2, 0) is 0 Å². The molecule has 15 aromatic rings. The summed E-state index contributed by atoms with van der Waals surface area (Å²) in [7, 11) is 3.17. The average molecular weight is 1930 g/mol. The zero-order chi connectivity index (χ0) is 95.5. The van der Waals surface area contributed by atoms with Gasteiger partial charge in [-0.1, -0.05) is 106 Å². The molecule has 0 radical (unpaired) electrons. The lowest BCUT2D eigenvalue weighted by Gasteiger charge is -2.15. The van der Waals surface area contributed by atoms with Crippen LogP contribution in [0.4, 0.5) is 12.0 Å². The Balaban J connectivity index is 0.000000159. The molecule has 15 rings (SSSR count). The number of pyridine rings is 5. The van der Waals surface area contributed by atoms with Crippen LogP contribution < -0.4 is 58.0 Å². The molecule has 132 heavy (non-hydrogen) atoms. The summed E-state index contributed by atoms with van der Waals surface area (Å²) in [5.74, 6) is 7.39. The van der Waals surface area contributed by atoms with Crippen molar-refractivity contribution in [2.24, 2.45) is 0 Å². The predicted molar refractivity (Wildman–Crippen MR) is 538 cm³/mol. The second-order valence-corrected chi connectivity index (χ2v) is 37.0. The van der Waals surface area contributed by atoms with E-state index in [-0.39, 0.29) is 42.6 Å². The van der Waals surface area contributed by atoms with E-state index < -0.39 is 0 Å². The molecular weight excluding hydrogens is 1820 g/mol. The molecule has 2 N–H and O–H groups in total. The summed E-state index contributed by atoms with van der Waals surface area (Å²) < 4.78 is 69.0. The summed E-state index contributed by atoms with van der Waals surface area (Å²) in [6.07, 6.45) is 9.35. The first-order valence-corrected chi connectivity index (χ1v) is 47.8. The zero-order valence-electron chi connectivity index (χ0n) is 79.1. The van der Waals surface area contributed by atoms with Crippen molar-refractivity contribution in [1.29, 1.82) is 0 Å². The highest BCUT2D eigenvalue weighted by atomic mass is 35.5. The number of thiazole rings is 2. The molecule has 0 aliphatic carbocycles. The van der Waals surface area contributed by atoms with Crippen molar-refractivity contribution in [3.8, 4) is 114 Å². The zero-order valence-corrected chi connectivity index (χ0v) is 84.5.